The maximum Gasteiger partial charge on any atom is 0.335 e. The third-order valence-electron chi connectivity index (χ3n) is 3.79. The monoisotopic (exact) mass is 274 g/mol. The molecule has 2 aliphatic rings. The fourth-order valence-corrected chi connectivity index (χ4v) is 2.73. The first-order valence-electron chi connectivity index (χ1n) is 6.53. The van der Waals surface area contributed by atoms with Crippen LogP contribution in [0.3, 0.4) is 0 Å². The zero-order chi connectivity index (χ0) is 14.3. The van der Waals surface area contributed by atoms with Crippen molar-refractivity contribution in [3.05, 3.63) is 29.3 Å². The number of amides is 2. The van der Waals surface area contributed by atoms with E-state index in [2.05, 4.69) is 5.32 Å². The predicted molar refractivity (Wildman–Crippen MR) is 70.6 cm³/mol. The molecule has 20 heavy (non-hydrogen) atoms. The van der Waals surface area contributed by atoms with Crippen LogP contribution in [0.2, 0.25) is 0 Å². The smallest absolute Gasteiger partial charge is 0.335 e. The first-order valence-corrected chi connectivity index (χ1v) is 6.53. The van der Waals surface area contributed by atoms with Gasteiger partial charge in [-0.2, -0.15) is 0 Å². The number of rotatable bonds is 2. The van der Waals surface area contributed by atoms with Gasteiger partial charge in [-0.25, -0.2) is 4.79 Å². The second-order valence-electron chi connectivity index (χ2n) is 5.05. The lowest BCUT2D eigenvalue weighted by molar-refractivity contribution is -0.124. The van der Waals surface area contributed by atoms with Gasteiger partial charge in [0.1, 0.15) is 6.04 Å². The number of nitrogens with one attached hydrogen (secondary N) is 1. The van der Waals surface area contributed by atoms with Crippen LogP contribution in [0.4, 0.5) is 5.69 Å². The highest BCUT2D eigenvalue weighted by molar-refractivity contribution is 6.03. The van der Waals surface area contributed by atoms with Gasteiger partial charge in [-0.15, -0.1) is 0 Å². The maximum absolute atomic E-state index is 12.4. The molecule has 0 radical (unpaired) electrons. The molecule has 6 nitrogen and oxygen atoms in total. The van der Waals surface area contributed by atoms with Crippen LogP contribution in [0, 0.1) is 0 Å². The summed E-state index contributed by atoms with van der Waals surface area (Å²) in [6.45, 7) is 0.531. The van der Waals surface area contributed by atoms with E-state index in [0.29, 0.717) is 31.5 Å². The number of carbonyl (C=O) groups is 3. The minimum Gasteiger partial charge on any atom is -0.478 e. The van der Waals surface area contributed by atoms with Crippen LogP contribution in [0.25, 0.3) is 0 Å². The molecule has 1 atom stereocenters. The Morgan fingerprint density at radius 1 is 1.30 bits per heavy atom. The molecule has 0 saturated carbocycles. The second-order valence-corrected chi connectivity index (χ2v) is 5.05. The summed E-state index contributed by atoms with van der Waals surface area (Å²) in [4.78, 5) is 36.2. The quantitative estimate of drug-likeness (QED) is 0.824. The van der Waals surface area contributed by atoms with Gasteiger partial charge in [0.2, 0.25) is 11.8 Å². The van der Waals surface area contributed by atoms with Gasteiger partial charge in [-0.05, 0) is 30.5 Å². The number of aromatic carboxylic acids is 1. The molecule has 0 spiro atoms. The average molecular weight is 274 g/mol. The summed E-state index contributed by atoms with van der Waals surface area (Å²) < 4.78 is 0. The Labute approximate surface area is 115 Å². The molecular formula is C14H14N2O4. The van der Waals surface area contributed by atoms with E-state index in [1.165, 1.54) is 6.07 Å². The Kier molecular flexibility index (Phi) is 2.93. The molecule has 0 aromatic heterocycles. The van der Waals surface area contributed by atoms with Gasteiger partial charge >= 0.3 is 5.97 Å². The van der Waals surface area contributed by atoms with E-state index >= 15 is 0 Å². The molecule has 2 N–H and O–H groups in total. The number of hydrogen-bond donors (Lipinski definition) is 2. The Hall–Kier alpha value is -2.37. The number of anilines is 1. The molecule has 0 aliphatic carbocycles. The van der Waals surface area contributed by atoms with E-state index in [-0.39, 0.29) is 17.4 Å². The first kappa shape index (κ1) is 12.7. The van der Waals surface area contributed by atoms with Gasteiger partial charge in [0.25, 0.3) is 0 Å². The minimum absolute atomic E-state index is 0.109. The van der Waals surface area contributed by atoms with Crippen molar-refractivity contribution in [2.24, 2.45) is 0 Å². The van der Waals surface area contributed by atoms with Gasteiger partial charge in [0, 0.05) is 18.7 Å². The van der Waals surface area contributed by atoms with E-state index in [1.807, 2.05) is 0 Å². The van der Waals surface area contributed by atoms with Crippen molar-refractivity contribution in [1.82, 2.24) is 5.32 Å². The highest BCUT2D eigenvalue weighted by Crippen LogP contribution is 2.30. The SMILES string of the molecule is O=C1CC[C@H](C(=O)N2CCc3ccc(C(=O)O)cc32)N1. The first-order chi connectivity index (χ1) is 9.56. The van der Waals surface area contributed by atoms with Crippen LogP contribution in [0.5, 0.6) is 0 Å². The largest absolute Gasteiger partial charge is 0.478 e. The van der Waals surface area contributed by atoms with Gasteiger partial charge in [0.05, 0.1) is 5.56 Å². The number of fused-ring (bicyclic) bond motifs is 1. The number of carboxylic acids is 1. The van der Waals surface area contributed by atoms with Crippen LogP contribution in [-0.2, 0) is 16.0 Å². The maximum atomic E-state index is 12.4. The number of carbonyl (C=O) groups excluding carboxylic acids is 2. The highest BCUT2D eigenvalue weighted by Gasteiger charge is 2.34. The lowest BCUT2D eigenvalue weighted by Gasteiger charge is -2.21. The second kappa shape index (κ2) is 4.63. The van der Waals surface area contributed by atoms with Crippen molar-refractivity contribution in [2.75, 3.05) is 11.4 Å². The van der Waals surface area contributed by atoms with Gasteiger partial charge < -0.3 is 15.3 Å². The van der Waals surface area contributed by atoms with Crippen molar-refractivity contribution < 1.29 is 19.5 Å². The van der Waals surface area contributed by atoms with Crippen LogP contribution >= 0.6 is 0 Å². The Balaban J connectivity index is 1.88. The lowest BCUT2D eigenvalue weighted by Crippen LogP contribution is -2.43. The summed E-state index contributed by atoms with van der Waals surface area (Å²) in [5, 5.41) is 11.7. The number of benzene rings is 1. The molecule has 1 fully saturated rings. The average Bonchev–Trinajstić information content (AvgIpc) is 3.03. The van der Waals surface area contributed by atoms with Gasteiger partial charge in [-0.3, -0.25) is 9.59 Å². The normalized spacial score (nSPS) is 20.7. The molecule has 2 aliphatic heterocycles. The summed E-state index contributed by atoms with van der Waals surface area (Å²) in [5.41, 5.74) is 1.78. The number of nitrogens with zero attached hydrogens (tertiary/aromatic N) is 1. The molecule has 6 heteroatoms. The molecule has 2 heterocycles. The van der Waals surface area contributed by atoms with Crippen LogP contribution in [0.1, 0.15) is 28.8 Å². The minimum atomic E-state index is -1.01. The van der Waals surface area contributed by atoms with E-state index in [1.54, 1.807) is 17.0 Å². The van der Waals surface area contributed by atoms with Crippen molar-refractivity contribution in [2.45, 2.75) is 25.3 Å². The van der Waals surface area contributed by atoms with E-state index in [4.69, 9.17) is 5.11 Å². The fraction of sp³-hybridized carbons (Fsp3) is 0.357. The molecule has 2 amide bonds. The molecule has 0 unspecified atom stereocenters. The summed E-state index contributed by atoms with van der Waals surface area (Å²) >= 11 is 0. The Morgan fingerprint density at radius 2 is 2.10 bits per heavy atom. The van der Waals surface area contributed by atoms with Crippen LogP contribution in [-0.4, -0.2) is 35.5 Å². The van der Waals surface area contributed by atoms with E-state index in [9.17, 15) is 14.4 Å². The Bertz CT molecular complexity index is 611. The molecule has 3 rings (SSSR count). The molecule has 104 valence electrons. The lowest BCUT2D eigenvalue weighted by atomic mass is 10.1. The van der Waals surface area contributed by atoms with Crippen molar-refractivity contribution in [1.29, 1.82) is 0 Å². The van der Waals surface area contributed by atoms with Gasteiger partial charge in [-0.1, -0.05) is 6.07 Å². The topological polar surface area (TPSA) is 86.7 Å². The summed E-state index contributed by atoms with van der Waals surface area (Å²) in [6, 6.07) is 4.34. The standard InChI is InChI=1S/C14H14N2O4/c17-12-4-3-10(15-12)13(18)16-6-5-8-1-2-9(14(19)20)7-11(8)16/h1-2,7,10H,3-6H2,(H,15,17)(H,19,20)/t10-/m1/s1. The van der Waals surface area contributed by atoms with Crippen molar-refractivity contribution in [3.8, 4) is 0 Å². The van der Waals surface area contributed by atoms with Crippen LogP contribution < -0.4 is 10.2 Å². The third-order valence-corrected chi connectivity index (χ3v) is 3.79. The molecule has 1 saturated heterocycles. The molecule has 0 bridgehead atoms. The highest BCUT2D eigenvalue weighted by atomic mass is 16.4. The van der Waals surface area contributed by atoms with Gasteiger partial charge in [0.15, 0.2) is 0 Å². The van der Waals surface area contributed by atoms with Crippen molar-refractivity contribution in [3.63, 3.8) is 0 Å². The van der Waals surface area contributed by atoms with E-state index in [0.717, 1.165) is 5.56 Å². The van der Waals surface area contributed by atoms with E-state index < -0.39 is 12.0 Å². The fourth-order valence-electron chi connectivity index (χ4n) is 2.73. The summed E-state index contributed by atoms with van der Waals surface area (Å²) in [5.74, 6) is -1.28. The summed E-state index contributed by atoms with van der Waals surface area (Å²) in [7, 11) is 0. The van der Waals surface area contributed by atoms with Crippen LogP contribution in [0.15, 0.2) is 18.2 Å². The Morgan fingerprint density at radius 3 is 2.75 bits per heavy atom. The number of carboxylic acid groups (broad SMARTS) is 1. The van der Waals surface area contributed by atoms with Crippen molar-refractivity contribution >= 4 is 23.5 Å². The predicted octanol–water partition coefficient (Wildman–Crippen LogP) is 0.552. The summed E-state index contributed by atoms with van der Waals surface area (Å²) in [6.07, 6.45) is 1.58. The molecular weight excluding hydrogens is 260 g/mol. The number of hydrogen-bond acceptors (Lipinski definition) is 3. The molecule has 1 aromatic rings. The third kappa shape index (κ3) is 2.03. The zero-order valence-corrected chi connectivity index (χ0v) is 10.8. The zero-order valence-electron chi connectivity index (χ0n) is 10.8. The molecule has 1 aromatic carbocycles.